The lowest BCUT2D eigenvalue weighted by atomic mass is 10.3. The first-order valence-electron chi connectivity index (χ1n) is 6.53. The molecule has 1 saturated heterocycles. The summed E-state index contributed by atoms with van der Waals surface area (Å²) in [5, 5.41) is 11.2. The van der Waals surface area contributed by atoms with Gasteiger partial charge in [-0.1, -0.05) is 0 Å². The average Bonchev–Trinajstić information content (AvgIpc) is 2.48. The second-order valence-electron chi connectivity index (χ2n) is 4.44. The summed E-state index contributed by atoms with van der Waals surface area (Å²) in [5.74, 6) is -0.276. The number of aliphatic carboxylic acids is 1. The number of carboxylic acids is 1. The molecule has 1 aliphatic rings. The SMILES string of the molecule is O=C(O)CSCC(=O)Nc1ccc(N2CCOCC2)nc1. The number of carbonyl (C=O) groups is 2. The highest BCUT2D eigenvalue weighted by molar-refractivity contribution is 8.00. The molecule has 1 amide bonds. The number of nitrogens with one attached hydrogen (secondary N) is 1. The summed E-state index contributed by atoms with van der Waals surface area (Å²) in [5.41, 5.74) is 0.605. The van der Waals surface area contributed by atoms with Crippen molar-refractivity contribution in [3.8, 4) is 0 Å². The third-order valence-corrected chi connectivity index (χ3v) is 3.74. The highest BCUT2D eigenvalue weighted by Crippen LogP contribution is 2.15. The molecule has 1 fully saturated rings. The molecule has 1 aliphatic heterocycles. The third kappa shape index (κ3) is 5.24. The zero-order chi connectivity index (χ0) is 15.1. The van der Waals surface area contributed by atoms with Crippen molar-refractivity contribution in [1.29, 1.82) is 0 Å². The molecule has 8 heteroatoms. The summed E-state index contributed by atoms with van der Waals surface area (Å²) in [7, 11) is 0. The van der Waals surface area contributed by atoms with Crippen LogP contribution in [0.15, 0.2) is 18.3 Å². The number of anilines is 2. The predicted octanol–water partition coefficient (Wildman–Crippen LogP) is 0.674. The van der Waals surface area contributed by atoms with Gasteiger partial charge in [-0.05, 0) is 12.1 Å². The Morgan fingerprint density at radius 1 is 1.33 bits per heavy atom. The number of hydrogen-bond donors (Lipinski definition) is 2. The molecular weight excluding hydrogens is 294 g/mol. The van der Waals surface area contributed by atoms with E-state index in [0.29, 0.717) is 18.9 Å². The molecule has 0 radical (unpaired) electrons. The number of thioether (sulfide) groups is 1. The molecule has 7 nitrogen and oxygen atoms in total. The van der Waals surface area contributed by atoms with Gasteiger partial charge in [0.25, 0.3) is 0 Å². The zero-order valence-corrected chi connectivity index (χ0v) is 12.3. The first-order chi connectivity index (χ1) is 10.1. The molecule has 0 unspecified atom stereocenters. The second-order valence-corrected chi connectivity index (χ2v) is 5.42. The maximum absolute atomic E-state index is 11.6. The van der Waals surface area contributed by atoms with E-state index in [1.807, 2.05) is 6.07 Å². The number of carbonyl (C=O) groups excluding carboxylic acids is 1. The number of aromatic nitrogens is 1. The van der Waals surface area contributed by atoms with Gasteiger partial charge in [0.05, 0.1) is 36.6 Å². The molecule has 0 aromatic carbocycles. The molecular formula is C13H17N3O4S. The van der Waals surface area contributed by atoms with E-state index in [-0.39, 0.29) is 17.4 Å². The summed E-state index contributed by atoms with van der Waals surface area (Å²) in [6, 6.07) is 3.64. The number of ether oxygens (including phenoxy) is 1. The maximum Gasteiger partial charge on any atom is 0.313 e. The maximum atomic E-state index is 11.6. The van der Waals surface area contributed by atoms with Crippen LogP contribution in [-0.2, 0) is 14.3 Å². The highest BCUT2D eigenvalue weighted by atomic mass is 32.2. The molecule has 0 spiro atoms. The van der Waals surface area contributed by atoms with Gasteiger partial charge in [0.2, 0.25) is 5.91 Å². The Balaban J connectivity index is 1.81. The van der Waals surface area contributed by atoms with Crippen LogP contribution in [0.3, 0.4) is 0 Å². The summed E-state index contributed by atoms with van der Waals surface area (Å²) < 4.78 is 5.28. The third-order valence-electron chi connectivity index (χ3n) is 2.83. The Kier molecular flexibility index (Phi) is 5.82. The van der Waals surface area contributed by atoms with Crippen LogP contribution < -0.4 is 10.2 Å². The lowest BCUT2D eigenvalue weighted by molar-refractivity contribution is -0.133. The minimum Gasteiger partial charge on any atom is -0.481 e. The van der Waals surface area contributed by atoms with Crippen LogP contribution >= 0.6 is 11.8 Å². The van der Waals surface area contributed by atoms with Crippen LogP contribution in [-0.4, -0.2) is 59.8 Å². The van der Waals surface area contributed by atoms with E-state index in [4.69, 9.17) is 9.84 Å². The molecule has 0 bridgehead atoms. The second kappa shape index (κ2) is 7.84. The molecule has 2 rings (SSSR count). The van der Waals surface area contributed by atoms with Crippen LogP contribution in [0, 0.1) is 0 Å². The number of amides is 1. The topological polar surface area (TPSA) is 91.8 Å². The van der Waals surface area contributed by atoms with Crippen molar-refractivity contribution in [2.45, 2.75) is 0 Å². The van der Waals surface area contributed by atoms with Crippen molar-refractivity contribution in [3.05, 3.63) is 18.3 Å². The minimum absolute atomic E-state index is 0.0817. The van der Waals surface area contributed by atoms with Gasteiger partial charge in [-0.15, -0.1) is 11.8 Å². The molecule has 21 heavy (non-hydrogen) atoms. The number of hydrogen-bond acceptors (Lipinski definition) is 6. The molecule has 0 saturated carbocycles. The van der Waals surface area contributed by atoms with E-state index in [2.05, 4.69) is 15.2 Å². The predicted molar refractivity (Wildman–Crippen MR) is 80.9 cm³/mol. The Labute approximate surface area is 126 Å². The van der Waals surface area contributed by atoms with Gasteiger partial charge in [-0.2, -0.15) is 0 Å². The first-order valence-corrected chi connectivity index (χ1v) is 7.69. The normalized spacial score (nSPS) is 14.8. The van der Waals surface area contributed by atoms with Gasteiger partial charge < -0.3 is 20.1 Å². The van der Waals surface area contributed by atoms with Gasteiger partial charge >= 0.3 is 5.97 Å². The zero-order valence-electron chi connectivity index (χ0n) is 11.4. The minimum atomic E-state index is -0.927. The lowest BCUT2D eigenvalue weighted by Gasteiger charge is -2.27. The van der Waals surface area contributed by atoms with Gasteiger partial charge in [-0.25, -0.2) is 4.98 Å². The number of pyridine rings is 1. The molecule has 0 atom stereocenters. The average molecular weight is 311 g/mol. The summed E-state index contributed by atoms with van der Waals surface area (Å²) in [4.78, 5) is 28.4. The molecule has 1 aromatic rings. The van der Waals surface area contributed by atoms with E-state index < -0.39 is 5.97 Å². The van der Waals surface area contributed by atoms with E-state index in [1.54, 1.807) is 12.3 Å². The van der Waals surface area contributed by atoms with Crippen LogP contribution in [0.1, 0.15) is 0 Å². The molecule has 2 N–H and O–H groups in total. The number of rotatable bonds is 6. The molecule has 114 valence electrons. The van der Waals surface area contributed by atoms with Gasteiger partial charge in [0.1, 0.15) is 5.82 Å². The fourth-order valence-corrected chi connectivity index (χ4v) is 2.40. The van der Waals surface area contributed by atoms with Crippen molar-refractivity contribution >= 4 is 35.1 Å². The van der Waals surface area contributed by atoms with E-state index in [0.717, 1.165) is 30.7 Å². The number of morpholine rings is 1. The Morgan fingerprint density at radius 2 is 2.10 bits per heavy atom. The summed E-state index contributed by atoms with van der Waals surface area (Å²) in [6.07, 6.45) is 1.60. The van der Waals surface area contributed by atoms with Crippen molar-refractivity contribution in [2.75, 3.05) is 48.0 Å². The highest BCUT2D eigenvalue weighted by Gasteiger charge is 2.12. The Morgan fingerprint density at radius 3 is 2.71 bits per heavy atom. The quantitative estimate of drug-likeness (QED) is 0.798. The Bertz CT molecular complexity index is 489. The van der Waals surface area contributed by atoms with Crippen LogP contribution in [0.4, 0.5) is 11.5 Å². The van der Waals surface area contributed by atoms with Crippen LogP contribution in [0.25, 0.3) is 0 Å². The van der Waals surface area contributed by atoms with Crippen LogP contribution in [0.2, 0.25) is 0 Å². The van der Waals surface area contributed by atoms with Gasteiger partial charge in [-0.3, -0.25) is 9.59 Å². The van der Waals surface area contributed by atoms with Crippen molar-refractivity contribution in [2.24, 2.45) is 0 Å². The van der Waals surface area contributed by atoms with Crippen molar-refractivity contribution < 1.29 is 19.4 Å². The first kappa shape index (κ1) is 15.6. The molecule has 2 heterocycles. The largest absolute Gasteiger partial charge is 0.481 e. The smallest absolute Gasteiger partial charge is 0.313 e. The molecule has 0 aliphatic carbocycles. The van der Waals surface area contributed by atoms with E-state index in [1.165, 1.54) is 0 Å². The van der Waals surface area contributed by atoms with E-state index in [9.17, 15) is 9.59 Å². The Hall–Kier alpha value is -1.80. The standard InChI is InChI=1S/C13H17N3O4S/c17-12(8-21-9-13(18)19)15-10-1-2-11(14-7-10)16-3-5-20-6-4-16/h1-2,7H,3-6,8-9H2,(H,15,17)(H,18,19). The van der Waals surface area contributed by atoms with Gasteiger partial charge in [0.15, 0.2) is 0 Å². The number of carboxylic acid groups (broad SMARTS) is 1. The monoisotopic (exact) mass is 311 g/mol. The summed E-state index contributed by atoms with van der Waals surface area (Å²) >= 11 is 1.06. The fourth-order valence-electron chi connectivity index (χ4n) is 1.87. The fraction of sp³-hybridized carbons (Fsp3) is 0.462. The summed E-state index contributed by atoms with van der Waals surface area (Å²) in [6.45, 7) is 3.01. The van der Waals surface area contributed by atoms with Crippen molar-refractivity contribution in [1.82, 2.24) is 4.98 Å². The number of nitrogens with zero attached hydrogens (tertiary/aromatic N) is 2. The molecule has 1 aromatic heterocycles. The van der Waals surface area contributed by atoms with Crippen molar-refractivity contribution in [3.63, 3.8) is 0 Å². The van der Waals surface area contributed by atoms with Gasteiger partial charge in [0, 0.05) is 13.1 Å². The lowest BCUT2D eigenvalue weighted by Crippen LogP contribution is -2.36. The van der Waals surface area contributed by atoms with E-state index >= 15 is 0 Å². The van der Waals surface area contributed by atoms with Crippen LogP contribution in [0.5, 0.6) is 0 Å².